The van der Waals surface area contributed by atoms with Gasteiger partial charge in [0.2, 0.25) is 0 Å². The van der Waals surface area contributed by atoms with Crippen molar-refractivity contribution in [3.8, 4) is 0 Å². The molecule has 1 unspecified atom stereocenters. The highest BCUT2D eigenvalue weighted by molar-refractivity contribution is 4.86. The molecule has 1 aliphatic rings. The molecule has 0 spiro atoms. The Morgan fingerprint density at radius 2 is 1.70 bits per heavy atom. The molecule has 0 aliphatic heterocycles. The Morgan fingerprint density at radius 3 is 2.15 bits per heavy atom. The minimum Gasteiger partial charge on any atom is -0.380 e. The Kier molecular flexibility index (Phi) is 7.53. The second-order valence-corrected chi connectivity index (χ2v) is 7.57. The maximum atomic E-state index is 5.63. The van der Waals surface area contributed by atoms with E-state index in [1.807, 2.05) is 0 Å². The molecule has 0 aromatic heterocycles. The molecule has 1 atom stereocenters. The van der Waals surface area contributed by atoms with Gasteiger partial charge in [-0.2, -0.15) is 0 Å². The van der Waals surface area contributed by atoms with Crippen LogP contribution in [0.4, 0.5) is 0 Å². The zero-order valence-corrected chi connectivity index (χ0v) is 14.7. The largest absolute Gasteiger partial charge is 0.380 e. The Hall–Kier alpha value is -0.0800. The zero-order chi connectivity index (χ0) is 15.2. The maximum Gasteiger partial charge on any atom is 0.0622 e. The predicted octanol–water partition coefficient (Wildman–Crippen LogP) is 4.63. The summed E-state index contributed by atoms with van der Waals surface area (Å²) in [6, 6.07) is 1.21. The summed E-state index contributed by atoms with van der Waals surface area (Å²) in [6.07, 6.45) is 6.75. The molecule has 0 amide bonds. The topological polar surface area (TPSA) is 21.3 Å². The number of ether oxygens (including phenoxy) is 1. The Labute approximate surface area is 127 Å². The van der Waals surface area contributed by atoms with Crippen molar-refractivity contribution in [1.82, 2.24) is 5.32 Å². The van der Waals surface area contributed by atoms with Gasteiger partial charge in [-0.25, -0.2) is 0 Å². The smallest absolute Gasteiger partial charge is 0.0622 e. The van der Waals surface area contributed by atoms with E-state index in [0.29, 0.717) is 23.4 Å². The van der Waals surface area contributed by atoms with Crippen molar-refractivity contribution in [3.05, 3.63) is 0 Å². The van der Waals surface area contributed by atoms with Crippen LogP contribution in [0.2, 0.25) is 0 Å². The van der Waals surface area contributed by atoms with Crippen molar-refractivity contribution in [2.75, 3.05) is 13.2 Å². The van der Waals surface area contributed by atoms with E-state index in [-0.39, 0.29) is 0 Å². The SMILES string of the molecule is CCOCC(NC1CCC(C(C)(C)CC)CC1)C(C)C. The van der Waals surface area contributed by atoms with Crippen molar-refractivity contribution in [2.45, 2.75) is 85.7 Å². The fraction of sp³-hybridized carbons (Fsp3) is 1.00. The molecule has 1 rings (SSSR count). The fourth-order valence-corrected chi connectivity index (χ4v) is 3.31. The summed E-state index contributed by atoms with van der Waals surface area (Å²) >= 11 is 0. The van der Waals surface area contributed by atoms with Gasteiger partial charge >= 0.3 is 0 Å². The van der Waals surface area contributed by atoms with E-state index in [1.165, 1.54) is 32.1 Å². The molecule has 0 bridgehead atoms. The summed E-state index contributed by atoms with van der Waals surface area (Å²) < 4.78 is 5.63. The average Bonchev–Trinajstić information content (AvgIpc) is 2.43. The van der Waals surface area contributed by atoms with Gasteiger partial charge in [-0.15, -0.1) is 0 Å². The monoisotopic (exact) mass is 283 g/mol. The second kappa shape index (κ2) is 8.38. The van der Waals surface area contributed by atoms with E-state index in [9.17, 15) is 0 Å². The minimum absolute atomic E-state index is 0.510. The second-order valence-electron chi connectivity index (χ2n) is 7.57. The molecule has 1 saturated carbocycles. The highest BCUT2D eigenvalue weighted by Gasteiger charge is 2.32. The van der Waals surface area contributed by atoms with E-state index in [2.05, 4.69) is 46.9 Å². The molecule has 2 nitrogen and oxygen atoms in total. The van der Waals surface area contributed by atoms with Gasteiger partial charge in [0.25, 0.3) is 0 Å². The molecule has 0 aromatic rings. The van der Waals surface area contributed by atoms with E-state index in [4.69, 9.17) is 4.74 Å². The summed E-state index contributed by atoms with van der Waals surface area (Å²) in [5, 5.41) is 3.86. The van der Waals surface area contributed by atoms with Crippen LogP contribution in [-0.2, 0) is 4.74 Å². The average molecular weight is 284 g/mol. The van der Waals surface area contributed by atoms with Gasteiger partial charge in [0, 0.05) is 18.7 Å². The first-order valence-electron chi connectivity index (χ1n) is 8.74. The van der Waals surface area contributed by atoms with Crippen LogP contribution in [0.3, 0.4) is 0 Å². The molecular weight excluding hydrogens is 246 g/mol. The Morgan fingerprint density at radius 1 is 1.10 bits per heavy atom. The maximum absolute atomic E-state index is 5.63. The minimum atomic E-state index is 0.510. The molecule has 20 heavy (non-hydrogen) atoms. The van der Waals surface area contributed by atoms with Crippen LogP contribution in [0.5, 0.6) is 0 Å². The number of hydrogen-bond donors (Lipinski definition) is 1. The third-order valence-electron chi connectivity index (χ3n) is 5.50. The molecule has 120 valence electrons. The molecule has 1 N–H and O–H groups in total. The molecule has 0 heterocycles. The van der Waals surface area contributed by atoms with E-state index in [0.717, 1.165) is 19.1 Å². The van der Waals surface area contributed by atoms with Crippen molar-refractivity contribution < 1.29 is 4.74 Å². The summed E-state index contributed by atoms with van der Waals surface area (Å²) in [5.74, 6) is 1.56. The van der Waals surface area contributed by atoms with Crippen molar-refractivity contribution in [2.24, 2.45) is 17.3 Å². The Balaban J connectivity index is 2.40. The quantitative estimate of drug-likeness (QED) is 0.701. The van der Waals surface area contributed by atoms with Gasteiger partial charge in [-0.05, 0) is 49.9 Å². The van der Waals surface area contributed by atoms with E-state index < -0.39 is 0 Å². The zero-order valence-electron chi connectivity index (χ0n) is 14.7. The first-order chi connectivity index (χ1) is 9.40. The fourth-order valence-electron chi connectivity index (χ4n) is 3.31. The van der Waals surface area contributed by atoms with E-state index in [1.54, 1.807) is 0 Å². The lowest BCUT2D eigenvalue weighted by atomic mass is 9.69. The lowest BCUT2D eigenvalue weighted by Crippen LogP contribution is -2.46. The van der Waals surface area contributed by atoms with Crippen molar-refractivity contribution in [3.63, 3.8) is 0 Å². The lowest BCUT2D eigenvalue weighted by Gasteiger charge is -2.40. The first kappa shape index (κ1) is 18.0. The van der Waals surface area contributed by atoms with Gasteiger partial charge in [0.05, 0.1) is 6.61 Å². The predicted molar refractivity (Wildman–Crippen MR) is 88.1 cm³/mol. The van der Waals surface area contributed by atoms with Crippen LogP contribution in [0.1, 0.15) is 73.6 Å². The highest BCUT2D eigenvalue weighted by Crippen LogP contribution is 2.40. The molecule has 2 heteroatoms. The number of nitrogens with one attached hydrogen (secondary N) is 1. The van der Waals surface area contributed by atoms with Crippen LogP contribution < -0.4 is 5.32 Å². The van der Waals surface area contributed by atoms with Gasteiger partial charge in [-0.3, -0.25) is 0 Å². The number of rotatable bonds is 8. The third-order valence-corrected chi connectivity index (χ3v) is 5.50. The van der Waals surface area contributed by atoms with Crippen LogP contribution in [0.25, 0.3) is 0 Å². The summed E-state index contributed by atoms with van der Waals surface area (Å²) in [5.41, 5.74) is 0.522. The highest BCUT2D eigenvalue weighted by atomic mass is 16.5. The van der Waals surface area contributed by atoms with E-state index >= 15 is 0 Å². The Bertz CT molecular complexity index is 254. The summed E-state index contributed by atoms with van der Waals surface area (Å²) in [7, 11) is 0. The molecule has 0 saturated heterocycles. The molecule has 0 aromatic carbocycles. The van der Waals surface area contributed by atoms with Gasteiger partial charge < -0.3 is 10.1 Å². The normalized spacial score (nSPS) is 25.9. The molecule has 1 aliphatic carbocycles. The standard InChI is InChI=1S/C18H37NO/c1-7-18(5,6)15-9-11-16(12-10-15)19-17(14(3)4)13-20-8-2/h14-17,19H,7-13H2,1-6H3. The molecule has 0 radical (unpaired) electrons. The lowest BCUT2D eigenvalue weighted by molar-refractivity contribution is 0.0892. The first-order valence-corrected chi connectivity index (χ1v) is 8.74. The van der Waals surface area contributed by atoms with Crippen LogP contribution in [-0.4, -0.2) is 25.3 Å². The van der Waals surface area contributed by atoms with Gasteiger partial charge in [-0.1, -0.05) is 41.0 Å². The van der Waals surface area contributed by atoms with Gasteiger partial charge in [0.15, 0.2) is 0 Å². The van der Waals surface area contributed by atoms with Crippen LogP contribution in [0.15, 0.2) is 0 Å². The third kappa shape index (κ3) is 5.37. The molecular formula is C18H37NO. The van der Waals surface area contributed by atoms with Crippen molar-refractivity contribution >= 4 is 0 Å². The van der Waals surface area contributed by atoms with Crippen molar-refractivity contribution in [1.29, 1.82) is 0 Å². The number of hydrogen-bond acceptors (Lipinski definition) is 2. The molecule has 1 fully saturated rings. The van der Waals surface area contributed by atoms with Crippen LogP contribution >= 0.6 is 0 Å². The summed E-state index contributed by atoms with van der Waals surface area (Å²) in [6.45, 7) is 15.6. The van der Waals surface area contributed by atoms with Gasteiger partial charge in [0.1, 0.15) is 0 Å². The summed E-state index contributed by atoms with van der Waals surface area (Å²) in [4.78, 5) is 0. The van der Waals surface area contributed by atoms with Crippen LogP contribution in [0, 0.1) is 17.3 Å².